The molecule has 1 heterocycles. The molecule has 7 heteroatoms. The lowest BCUT2D eigenvalue weighted by Gasteiger charge is -2.33. The predicted octanol–water partition coefficient (Wildman–Crippen LogP) is 4.15. The topological polar surface area (TPSA) is 88.4 Å². The summed E-state index contributed by atoms with van der Waals surface area (Å²) in [7, 11) is 0. The van der Waals surface area contributed by atoms with E-state index in [0.29, 0.717) is 41.7 Å². The van der Waals surface area contributed by atoms with Gasteiger partial charge >= 0.3 is 0 Å². The second-order valence-corrected chi connectivity index (χ2v) is 9.06. The molecule has 0 radical (unpaired) electrons. The molecule has 4 rings (SSSR count). The molecule has 2 fully saturated rings. The molecule has 174 valence electrons. The molecule has 32 heavy (non-hydrogen) atoms. The van der Waals surface area contributed by atoms with E-state index in [0.717, 1.165) is 29.7 Å². The van der Waals surface area contributed by atoms with E-state index >= 15 is 0 Å². The third-order valence-corrected chi connectivity index (χ3v) is 6.60. The summed E-state index contributed by atoms with van der Waals surface area (Å²) in [4.78, 5) is 0. The molecule has 3 N–H and O–H groups in total. The van der Waals surface area contributed by atoms with Crippen molar-refractivity contribution in [3.05, 3.63) is 58.1 Å². The molecular formula is C25H31ClO6. The van der Waals surface area contributed by atoms with Gasteiger partial charge in [0.25, 0.3) is 0 Å². The SMILES string of the molecule is OCOc1cc(Cl)c(Cc2ccc(OC3CCCC3)cc2)cc1C1CC(O)CC(CO)O1. The van der Waals surface area contributed by atoms with Gasteiger partial charge in [-0.15, -0.1) is 0 Å². The summed E-state index contributed by atoms with van der Waals surface area (Å²) in [6.45, 7) is -0.663. The van der Waals surface area contributed by atoms with E-state index in [1.807, 2.05) is 30.3 Å². The average molecular weight is 463 g/mol. The van der Waals surface area contributed by atoms with E-state index in [1.165, 1.54) is 12.8 Å². The maximum Gasteiger partial charge on any atom is 0.186 e. The fourth-order valence-corrected chi connectivity index (χ4v) is 4.83. The normalized spacial score (nSPS) is 23.9. The average Bonchev–Trinajstić information content (AvgIpc) is 3.29. The summed E-state index contributed by atoms with van der Waals surface area (Å²) in [5.41, 5.74) is 2.68. The minimum absolute atomic E-state index is 0.167. The maximum atomic E-state index is 10.2. The molecule has 1 aliphatic carbocycles. The lowest BCUT2D eigenvalue weighted by atomic mass is 9.93. The van der Waals surface area contributed by atoms with Gasteiger partial charge in [-0.1, -0.05) is 23.7 Å². The summed E-state index contributed by atoms with van der Waals surface area (Å²) in [5.74, 6) is 1.30. The highest BCUT2D eigenvalue weighted by Crippen LogP contribution is 2.39. The molecule has 1 saturated carbocycles. The standard InChI is InChI=1S/C25H31ClO6/c26-23-13-24(30-15-28)22(25-12-18(29)11-21(14-27)32-25)10-17(23)9-16-5-7-20(8-6-16)31-19-3-1-2-4-19/h5-8,10,13,18-19,21,25,27-29H,1-4,9,11-12,14-15H2. The van der Waals surface area contributed by atoms with E-state index in [9.17, 15) is 15.3 Å². The van der Waals surface area contributed by atoms with Crippen LogP contribution >= 0.6 is 11.6 Å². The van der Waals surface area contributed by atoms with Crippen molar-refractivity contribution in [2.45, 2.75) is 69.4 Å². The first-order chi connectivity index (χ1) is 15.6. The summed E-state index contributed by atoms with van der Waals surface area (Å²) in [5, 5.41) is 29.6. The first kappa shape index (κ1) is 23.3. The number of hydrogen-bond donors (Lipinski definition) is 3. The molecular weight excluding hydrogens is 432 g/mol. The molecule has 2 aromatic rings. The van der Waals surface area contributed by atoms with Gasteiger partial charge in [-0.2, -0.15) is 0 Å². The van der Waals surface area contributed by atoms with Gasteiger partial charge in [-0.05, 0) is 67.5 Å². The molecule has 1 saturated heterocycles. The molecule has 2 aliphatic rings. The van der Waals surface area contributed by atoms with Crippen molar-refractivity contribution in [2.75, 3.05) is 13.4 Å². The number of rotatable bonds is 8. The number of hydrogen-bond acceptors (Lipinski definition) is 6. The molecule has 0 spiro atoms. The van der Waals surface area contributed by atoms with Crippen molar-refractivity contribution in [2.24, 2.45) is 0 Å². The molecule has 0 bridgehead atoms. The van der Waals surface area contributed by atoms with Crippen LogP contribution in [-0.2, 0) is 11.2 Å². The Labute approximate surface area is 193 Å². The number of benzene rings is 2. The minimum Gasteiger partial charge on any atom is -0.490 e. The van der Waals surface area contributed by atoms with Crippen molar-refractivity contribution in [3.63, 3.8) is 0 Å². The van der Waals surface area contributed by atoms with Crippen LogP contribution in [0.5, 0.6) is 11.5 Å². The number of halogens is 1. The van der Waals surface area contributed by atoms with Gasteiger partial charge in [0.2, 0.25) is 0 Å². The zero-order valence-corrected chi connectivity index (χ0v) is 18.8. The third-order valence-electron chi connectivity index (χ3n) is 6.25. The number of aliphatic hydroxyl groups excluding tert-OH is 3. The van der Waals surface area contributed by atoms with Crippen LogP contribution < -0.4 is 9.47 Å². The monoisotopic (exact) mass is 462 g/mol. The van der Waals surface area contributed by atoms with Crippen LogP contribution in [0.25, 0.3) is 0 Å². The van der Waals surface area contributed by atoms with E-state index in [2.05, 4.69) is 0 Å². The van der Waals surface area contributed by atoms with E-state index in [4.69, 9.17) is 25.8 Å². The Morgan fingerprint density at radius 1 is 1.03 bits per heavy atom. The fourth-order valence-electron chi connectivity index (χ4n) is 4.61. The van der Waals surface area contributed by atoms with Crippen molar-refractivity contribution in [1.29, 1.82) is 0 Å². The Bertz CT molecular complexity index is 881. The molecule has 0 aromatic heterocycles. The molecule has 0 amide bonds. The zero-order chi connectivity index (χ0) is 22.5. The molecule has 3 atom stereocenters. The van der Waals surface area contributed by atoms with Crippen LogP contribution in [0.15, 0.2) is 36.4 Å². The second-order valence-electron chi connectivity index (χ2n) is 8.65. The summed E-state index contributed by atoms with van der Waals surface area (Å²) in [6.07, 6.45) is 4.92. The summed E-state index contributed by atoms with van der Waals surface area (Å²) in [6, 6.07) is 11.7. The number of ether oxygens (including phenoxy) is 3. The molecule has 1 aliphatic heterocycles. The van der Waals surface area contributed by atoms with Crippen LogP contribution in [0.1, 0.15) is 61.3 Å². The lowest BCUT2D eigenvalue weighted by Crippen LogP contribution is -2.33. The largest absolute Gasteiger partial charge is 0.490 e. The number of aliphatic hydroxyl groups is 3. The first-order valence-electron chi connectivity index (χ1n) is 11.3. The Morgan fingerprint density at radius 3 is 2.47 bits per heavy atom. The van der Waals surface area contributed by atoms with Gasteiger partial charge in [0.1, 0.15) is 11.5 Å². The van der Waals surface area contributed by atoms with Crippen LogP contribution in [0.2, 0.25) is 5.02 Å². The van der Waals surface area contributed by atoms with Gasteiger partial charge < -0.3 is 29.5 Å². The molecule has 2 aromatic carbocycles. The fraction of sp³-hybridized carbons (Fsp3) is 0.520. The predicted molar refractivity (Wildman–Crippen MR) is 121 cm³/mol. The van der Waals surface area contributed by atoms with Crippen LogP contribution in [0.3, 0.4) is 0 Å². The van der Waals surface area contributed by atoms with Gasteiger partial charge in [0, 0.05) is 23.4 Å². The highest BCUT2D eigenvalue weighted by Gasteiger charge is 2.31. The zero-order valence-electron chi connectivity index (χ0n) is 18.1. The summed E-state index contributed by atoms with van der Waals surface area (Å²) < 4.78 is 17.4. The van der Waals surface area contributed by atoms with Crippen molar-refractivity contribution in [1.82, 2.24) is 0 Å². The van der Waals surface area contributed by atoms with Crippen molar-refractivity contribution < 1.29 is 29.5 Å². The van der Waals surface area contributed by atoms with E-state index in [1.54, 1.807) is 6.07 Å². The van der Waals surface area contributed by atoms with Crippen LogP contribution in [0.4, 0.5) is 0 Å². The smallest absolute Gasteiger partial charge is 0.186 e. The van der Waals surface area contributed by atoms with Gasteiger partial charge in [0.15, 0.2) is 6.79 Å². The van der Waals surface area contributed by atoms with Crippen molar-refractivity contribution in [3.8, 4) is 11.5 Å². The minimum atomic E-state index is -0.584. The summed E-state index contributed by atoms with van der Waals surface area (Å²) >= 11 is 6.54. The highest BCUT2D eigenvalue weighted by molar-refractivity contribution is 6.31. The van der Waals surface area contributed by atoms with Gasteiger partial charge in [-0.25, -0.2) is 0 Å². The van der Waals surface area contributed by atoms with E-state index in [-0.39, 0.29) is 6.61 Å². The van der Waals surface area contributed by atoms with Crippen LogP contribution in [0, 0.1) is 0 Å². The van der Waals surface area contributed by atoms with Gasteiger partial charge in [0.05, 0.1) is 31.0 Å². The van der Waals surface area contributed by atoms with Crippen LogP contribution in [-0.4, -0.2) is 47.0 Å². The Morgan fingerprint density at radius 2 is 1.78 bits per heavy atom. The molecule has 6 nitrogen and oxygen atoms in total. The first-order valence-corrected chi connectivity index (χ1v) is 11.7. The van der Waals surface area contributed by atoms with E-state index < -0.39 is 25.1 Å². The Balaban J connectivity index is 1.53. The lowest BCUT2D eigenvalue weighted by molar-refractivity contribution is -0.114. The Hall–Kier alpha value is -1.83. The van der Waals surface area contributed by atoms with Crippen molar-refractivity contribution >= 4 is 11.6 Å². The Kier molecular flexibility index (Phi) is 7.92. The third kappa shape index (κ3) is 5.74. The maximum absolute atomic E-state index is 10.2. The highest BCUT2D eigenvalue weighted by atomic mass is 35.5. The molecule has 3 unspecified atom stereocenters. The van der Waals surface area contributed by atoms with Gasteiger partial charge in [-0.3, -0.25) is 0 Å². The quantitative estimate of drug-likeness (QED) is 0.511. The second kappa shape index (κ2) is 10.9.